The fourth-order valence-corrected chi connectivity index (χ4v) is 2.29. The smallest absolute Gasteiger partial charge is 0.321 e. The van der Waals surface area contributed by atoms with E-state index in [4.69, 9.17) is 4.74 Å². The maximum atomic E-state index is 12.2. The number of esters is 1. The second-order valence-corrected chi connectivity index (χ2v) is 6.89. The zero-order valence-electron chi connectivity index (χ0n) is 16.4. The molecule has 0 saturated heterocycles. The molecule has 0 aliphatic rings. The lowest BCUT2D eigenvalue weighted by Gasteiger charge is -2.09. The molecule has 1 aromatic carbocycles. The highest BCUT2D eigenvalue weighted by molar-refractivity contribution is 5.99. The molecule has 0 heterocycles. The van der Waals surface area contributed by atoms with Crippen LogP contribution >= 0.6 is 0 Å². The molecule has 0 aromatic heterocycles. The Kier molecular flexibility index (Phi) is 9.19. The normalized spacial score (nSPS) is 10.4. The summed E-state index contributed by atoms with van der Waals surface area (Å²) in [6.45, 7) is 7.67. The molecule has 0 bridgehead atoms. The van der Waals surface area contributed by atoms with Gasteiger partial charge in [0.2, 0.25) is 0 Å². The molecular formula is C20H28N2O5. The van der Waals surface area contributed by atoms with Crippen LogP contribution < -0.4 is 10.6 Å². The lowest BCUT2D eigenvalue weighted by atomic mass is 9.99. The summed E-state index contributed by atoms with van der Waals surface area (Å²) >= 11 is 0. The van der Waals surface area contributed by atoms with Gasteiger partial charge in [-0.1, -0.05) is 31.5 Å². The number of imide groups is 1. The number of rotatable bonds is 9. The van der Waals surface area contributed by atoms with Crippen molar-refractivity contribution in [1.82, 2.24) is 10.6 Å². The molecule has 27 heavy (non-hydrogen) atoms. The minimum absolute atomic E-state index is 0.000431. The van der Waals surface area contributed by atoms with Gasteiger partial charge in [0.1, 0.15) is 0 Å². The van der Waals surface area contributed by atoms with Crippen molar-refractivity contribution in [2.75, 3.05) is 13.2 Å². The summed E-state index contributed by atoms with van der Waals surface area (Å²) in [6, 6.07) is 4.94. The summed E-state index contributed by atoms with van der Waals surface area (Å²) in [4.78, 5) is 47.0. The van der Waals surface area contributed by atoms with Gasteiger partial charge >= 0.3 is 12.0 Å². The molecule has 0 radical (unpaired) electrons. The molecule has 1 rings (SSSR count). The van der Waals surface area contributed by atoms with Gasteiger partial charge in [-0.3, -0.25) is 19.7 Å². The number of urea groups is 1. The molecule has 0 aliphatic heterocycles. The van der Waals surface area contributed by atoms with Crippen molar-refractivity contribution >= 4 is 23.7 Å². The second-order valence-electron chi connectivity index (χ2n) is 6.89. The average Bonchev–Trinajstić information content (AvgIpc) is 2.59. The molecule has 0 aliphatic carbocycles. The highest BCUT2D eigenvalue weighted by Crippen LogP contribution is 2.14. The Morgan fingerprint density at radius 2 is 1.78 bits per heavy atom. The van der Waals surface area contributed by atoms with Crippen LogP contribution in [-0.2, 0) is 14.3 Å². The van der Waals surface area contributed by atoms with E-state index in [2.05, 4.69) is 10.6 Å². The quantitative estimate of drug-likeness (QED) is 0.510. The van der Waals surface area contributed by atoms with Crippen LogP contribution in [0.1, 0.15) is 54.6 Å². The molecule has 7 nitrogen and oxygen atoms in total. The van der Waals surface area contributed by atoms with Gasteiger partial charge in [0.25, 0.3) is 5.91 Å². The molecule has 3 amide bonds. The Balaban J connectivity index is 2.30. The Hall–Kier alpha value is -2.70. The number of carbonyl (C=O) groups excluding carboxylic acids is 4. The van der Waals surface area contributed by atoms with Gasteiger partial charge in [-0.25, -0.2) is 4.79 Å². The zero-order chi connectivity index (χ0) is 20.4. The van der Waals surface area contributed by atoms with Gasteiger partial charge in [-0.2, -0.15) is 0 Å². The third kappa shape index (κ3) is 8.99. The lowest BCUT2D eigenvalue weighted by Crippen LogP contribution is -2.42. The predicted molar refractivity (Wildman–Crippen MR) is 101 cm³/mol. The van der Waals surface area contributed by atoms with Crippen molar-refractivity contribution in [3.8, 4) is 0 Å². The molecule has 0 fully saturated rings. The topological polar surface area (TPSA) is 102 Å². The number of nitrogens with one attached hydrogen (secondary N) is 2. The van der Waals surface area contributed by atoms with Crippen LogP contribution in [0.25, 0.3) is 0 Å². The molecule has 7 heteroatoms. The number of amides is 3. The van der Waals surface area contributed by atoms with Crippen LogP contribution in [0.4, 0.5) is 4.79 Å². The van der Waals surface area contributed by atoms with E-state index in [1.165, 1.54) is 0 Å². The van der Waals surface area contributed by atoms with E-state index in [9.17, 15) is 19.2 Å². The summed E-state index contributed by atoms with van der Waals surface area (Å²) in [5.41, 5.74) is 2.40. The highest BCUT2D eigenvalue weighted by Gasteiger charge is 2.14. The first-order chi connectivity index (χ1) is 12.7. The van der Waals surface area contributed by atoms with Crippen molar-refractivity contribution in [1.29, 1.82) is 0 Å². The average molecular weight is 376 g/mol. The van der Waals surface area contributed by atoms with E-state index in [0.29, 0.717) is 18.0 Å². The summed E-state index contributed by atoms with van der Waals surface area (Å²) in [6.07, 6.45) is 0.672. The Bertz CT molecular complexity index is 698. The third-order valence-electron chi connectivity index (χ3n) is 3.87. The van der Waals surface area contributed by atoms with E-state index in [1.807, 2.05) is 39.8 Å². The Labute approximate surface area is 159 Å². The first-order valence-electron chi connectivity index (χ1n) is 9.02. The number of ether oxygens (including phenoxy) is 1. The van der Waals surface area contributed by atoms with Crippen LogP contribution in [0.5, 0.6) is 0 Å². The maximum absolute atomic E-state index is 12.2. The molecule has 2 N–H and O–H groups in total. The minimum Gasteiger partial charge on any atom is -0.456 e. The lowest BCUT2D eigenvalue weighted by molar-refractivity contribution is -0.148. The van der Waals surface area contributed by atoms with Crippen LogP contribution in [-0.4, -0.2) is 36.8 Å². The fourth-order valence-electron chi connectivity index (χ4n) is 2.29. The number of hydrogen-bond donors (Lipinski definition) is 2. The minimum atomic E-state index is -0.716. The van der Waals surface area contributed by atoms with Gasteiger partial charge in [-0.15, -0.1) is 0 Å². The van der Waals surface area contributed by atoms with Crippen molar-refractivity contribution in [3.05, 3.63) is 34.9 Å². The van der Waals surface area contributed by atoms with Gasteiger partial charge in [0.05, 0.1) is 6.42 Å². The van der Waals surface area contributed by atoms with Crippen molar-refractivity contribution in [3.63, 3.8) is 0 Å². The third-order valence-corrected chi connectivity index (χ3v) is 3.87. The molecule has 1 aromatic rings. The van der Waals surface area contributed by atoms with E-state index in [-0.39, 0.29) is 18.6 Å². The first kappa shape index (κ1) is 22.3. The van der Waals surface area contributed by atoms with E-state index in [0.717, 1.165) is 17.5 Å². The Morgan fingerprint density at radius 1 is 1.07 bits per heavy atom. The van der Waals surface area contributed by atoms with E-state index in [1.54, 1.807) is 6.07 Å². The molecule has 0 atom stereocenters. The highest BCUT2D eigenvalue weighted by atomic mass is 16.5. The van der Waals surface area contributed by atoms with E-state index < -0.39 is 24.5 Å². The summed E-state index contributed by atoms with van der Waals surface area (Å²) in [5.74, 6) is -1.09. The number of ketones is 1. The molecular weight excluding hydrogens is 348 g/mol. The summed E-state index contributed by atoms with van der Waals surface area (Å²) in [5, 5.41) is 4.62. The molecule has 0 unspecified atom stereocenters. The number of aryl methyl sites for hydroxylation is 2. The van der Waals surface area contributed by atoms with Crippen molar-refractivity contribution in [2.24, 2.45) is 5.92 Å². The van der Waals surface area contributed by atoms with E-state index >= 15 is 0 Å². The van der Waals surface area contributed by atoms with Crippen LogP contribution in [0.15, 0.2) is 18.2 Å². The van der Waals surface area contributed by atoms with Crippen LogP contribution in [0.2, 0.25) is 0 Å². The SMILES string of the molecule is Cc1ccc(C)c(C(=O)CCC(=O)OCC(=O)NC(=O)NCCC(C)C)c1. The number of Topliss-reactive ketones (excluding diaryl/α,β-unsaturated/α-hetero) is 1. The summed E-state index contributed by atoms with van der Waals surface area (Å²) in [7, 11) is 0. The molecule has 0 spiro atoms. The van der Waals surface area contributed by atoms with Crippen LogP contribution in [0.3, 0.4) is 0 Å². The van der Waals surface area contributed by atoms with Crippen molar-refractivity contribution < 1.29 is 23.9 Å². The fraction of sp³-hybridized carbons (Fsp3) is 0.500. The van der Waals surface area contributed by atoms with Gasteiger partial charge in [0, 0.05) is 18.5 Å². The predicted octanol–water partition coefficient (Wildman–Crippen LogP) is 2.68. The second kappa shape index (κ2) is 11.1. The van der Waals surface area contributed by atoms with Gasteiger partial charge < -0.3 is 10.1 Å². The number of benzene rings is 1. The monoisotopic (exact) mass is 376 g/mol. The van der Waals surface area contributed by atoms with Gasteiger partial charge in [0.15, 0.2) is 12.4 Å². The van der Waals surface area contributed by atoms with Gasteiger partial charge in [-0.05, 0) is 37.8 Å². The maximum Gasteiger partial charge on any atom is 0.321 e. The number of hydrogen-bond acceptors (Lipinski definition) is 5. The standard InChI is InChI=1S/C20H28N2O5/c1-13(2)9-10-21-20(26)22-18(24)12-27-19(25)8-7-17(23)16-11-14(3)5-6-15(16)4/h5-6,11,13H,7-10,12H2,1-4H3,(H2,21,22,24,26). The zero-order valence-corrected chi connectivity index (χ0v) is 16.4. The molecule has 148 valence electrons. The first-order valence-corrected chi connectivity index (χ1v) is 9.02. The van der Waals surface area contributed by atoms with Crippen molar-refractivity contribution in [2.45, 2.75) is 47.0 Å². The largest absolute Gasteiger partial charge is 0.456 e. The van der Waals surface area contributed by atoms with Crippen LogP contribution in [0, 0.1) is 19.8 Å². The Morgan fingerprint density at radius 3 is 2.44 bits per heavy atom. The number of carbonyl (C=O) groups is 4. The summed E-state index contributed by atoms with van der Waals surface area (Å²) < 4.78 is 4.80. The molecule has 0 saturated carbocycles.